The van der Waals surface area contributed by atoms with Gasteiger partial charge in [0.15, 0.2) is 0 Å². The fraction of sp³-hybridized carbons (Fsp3) is 0.250. The van der Waals surface area contributed by atoms with E-state index < -0.39 is 11.9 Å². The Bertz CT molecular complexity index is 2060. The van der Waals surface area contributed by atoms with Gasteiger partial charge >= 0.3 is 383 Å². The van der Waals surface area contributed by atoms with Crippen LogP contribution in [-0.2, 0) is 12.3 Å². The quantitative estimate of drug-likeness (QED) is 0.0498. The van der Waals surface area contributed by atoms with Crippen LogP contribution in [0.2, 0.25) is 0 Å². The van der Waals surface area contributed by atoms with Gasteiger partial charge in [-0.15, -0.1) is 0 Å². The maximum atomic E-state index is 8.82. The molecule has 0 radical (unpaired) electrons. The Hall–Kier alpha value is -4.42. The van der Waals surface area contributed by atoms with Gasteiger partial charge in [0.1, 0.15) is 0 Å². The summed E-state index contributed by atoms with van der Waals surface area (Å²) in [7, 11) is 0. The number of hydrogen-bond acceptors (Lipinski definition) is 2. The van der Waals surface area contributed by atoms with Gasteiger partial charge in [0.2, 0.25) is 0 Å². The van der Waals surface area contributed by atoms with Crippen molar-refractivity contribution < 1.29 is 9.47 Å². The third kappa shape index (κ3) is 9.28. The number of ether oxygens (including phenoxy) is 2. The van der Waals surface area contributed by atoms with Crippen molar-refractivity contribution in [3.8, 4) is 11.5 Å². The van der Waals surface area contributed by atoms with Crippen LogP contribution in [-0.4, -0.2) is 13.2 Å². The van der Waals surface area contributed by atoms with Gasteiger partial charge in [-0.1, -0.05) is 0 Å². The Kier molecular flexibility index (Phi) is 15.3. The molecule has 7 aromatic carbocycles. The number of rotatable bonds is 22. The van der Waals surface area contributed by atoms with Crippen LogP contribution in [0.4, 0.5) is 0 Å². The van der Waals surface area contributed by atoms with Gasteiger partial charge in [-0.3, -0.25) is 0 Å². The monoisotopic (exact) mass is 898 g/mol. The number of unbranched alkanes of at least 4 members (excludes halogenated alkanes) is 6. The summed E-state index contributed by atoms with van der Waals surface area (Å²) in [6.45, 7) is 5.70. The second-order valence-electron chi connectivity index (χ2n) is 16.6. The van der Waals surface area contributed by atoms with Crippen molar-refractivity contribution in [3.63, 3.8) is 0 Å². The molecule has 0 aliphatic rings. The van der Waals surface area contributed by atoms with E-state index in [0.717, 1.165) is 93.0 Å². The molecule has 0 unspecified atom stereocenters. The molecule has 0 heterocycles. The summed E-state index contributed by atoms with van der Waals surface area (Å²) < 4.78 is 14.2. The van der Waals surface area contributed by atoms with Crippen LogP contribution >= 0.6 is 34.4 Å². The topological polar surface area (TPSA) is 18.5 Å². The zero-order valence-electron chi connectivity index (χ0n) is 36.4. The molecular formula is C56H62Cl2O2P2. The van der Waals surface area contributed by atoms with E-state index in [1.54, 1.807) is 0 Å². The average molecular weight is 900 g/mol. The van der Waals surface area contributed by atoms with E-state index in [1.807, 2.05) is 0 Å². The molecule has 0 bridgehead atoms. The SMILES string of the molecule is CCCCCCOc1cc(CP(Cl)(c2ccccc2)(c2ccccc2)c2ccccc2)c(OCCCCCC)cc1CP(Cl)(c1ccccc1)(c1ccccc1)c1ccccc1. The summed E-state index contributed by atoms with van der Waals surface area (Å²) in [5.74, 6) is -5.89. The molecule has 0 aromatic heterocycles. The molecule has 0 saturated heterocycles. The molecular weight excluding hydrogens is 837 g/mol. The van der Waals surface area contributed by atoms with Gasteiger partial charge in [-0.2, -0.15) is 0 Å². The zero-order valence-corrected chi connectivity index (χ0v) is 39.7. The number of benzene rings is 7. The first-order chi connectivity index (χ1) is 30.3. The van der Waals surface area contributed by atoms with E-state index >= 15 is 0 Å². The molecule has 0 N–H and O–H groups in total. The maximum absolute atomic E-state index is 8.82. The number of halogens is 2. The third-order valence-electron chi connectivity index (χ3n) is 12.5. The van der Waals surface area contributed by atoms with Crippen LogP contribution in [0.3, 0.4) is 0 Å². The Labute approximate surface area is 381 Å². The van der Waals surface area contributed by atoms with Crippen molar-refractivity contribution in [1.29, 1.82) is 0 Å². The fourth-order valence-corrected chi connectivity index (χ4v) is 21.3. The Morgan fingerprint density at radius 1 is 0.339 bits per heavy atom. The predicted octanol–water partition coefficient (Wildman–Crippen LogP) is 14.0. The number of hydrogen-bond donors (Lipinski definition) is 0. The summed E-state index contributed by atoms with van der Waals surface area (Å²) in [5, 5.41) is 6.67. The Morgan fingerprint density at radius 2 is 0.581 bits per heavy atom. The van der Waals surface area contributed by atoms with E-state index in [0.29, 0.717) is 25.5 Å². The third-order valence-corrected chi connectivity index (χ3v) is 26.8. The van der Waals surface area contributed by atoms with Gasteiger partial charge in [-0.25, -0.2) is 0 Å². The molecule has 322 valence electrons. The van der Waals surface area contributed by atoms with Crippen LogP contribution in [0.25, 0.3) is 0 Å². The van der Waals surface area contributed by atoms with Crippen molar-refractivity contribution in [2.75, 3.05) is 13.2 Å². The summed E-state index contributed by atoms with van der Waals surface area (Å²) in [6, 6.07) is 69.0. The fourth-order valence-electron chi connectivity index (χ4n) is 9.10. The standard InChI is InChI=1S/C56H62Cl2O2P2/c1-3-5-7-27-41-59-55-43-48(46-62(58,52-35-21-12-22-36-52,53-37-23-13-24-38-53)54-39-25-14-26-40-54)56(60-42-28-8-6-4-2)44-47(55)45-61(57,49-29-15-9-16-30-49,50-31-17-10-18-32-50)51-33-19-11-20-34-51/h9-26,29-40,43-44H,3-8,27-28,41-42,45-46H2,1-2H3. The first kappa shape index (κ1) is 45.6. The summed E-state index contributed by atoms with van der Waals surface area (Å²) in [6.07, 6.45) is 9.88. The minimum atomic E-state index is -3.78. The first-order valence-electron chi connectivity index (χ1n) is 22.5. The van der Waals surface area contributed by atoms with Gasteiger partial charge in [-0.05, 0) is 0 Å². The molecule has 0 aliphatic carbocycles. The molecule has 0 spiro atoms. The van der Waals surface area contributed by atoms with E-state index in [2.05, 4.69) is 208 Å². The molecule has 62 heavy (non-hydrogen) atoms. The zero-order chi connectivity index (χ0) is 43.2. The predicted molar refractivity (Wildman–Crippen MR) is 275 cm³/mol. The summed E-state index contributed by atoms with van der Waals surface area (Å²) in [4.78, 5) is 0. The van der Waals surface area contributed by atoms with Crippen molar-refractivity contribution in [3.05, 3.63) is 205 Å². The molecule has 0 amide bonds. The first-order valence-corrected chi connectivity index (χ1v) is 29.2. The molecule has 0 saturated carbocycles. The minimum absolute atomic E-state index is 0.530. The van der Waals surface area contributed by atoms with Crippen molar-refractivity contribution >= 4 is 66.2 Å². The normalized spacial score (nSPS) is 13.0. The summed E-state index contributed by atoms with van der Waals surface area (Å²) in [5.41, 5.74) is 2.07. The van der Waals surface area contributed by atoms with Gasteiger partial charge in [0.25, 0.3) is 0 Å². The second kappa shape index (κ2) is 20.8. The molecule has 6 heteroatoms. The van der Waals surface area contributed by atoms with Crippen molar-refractivity contribution in [2.24, 2.45) is 0 Å². The van der Waals surface area contributed by atoms with Crippen LogP contribution < -0.4 is 41.3 Å². The molecule has 7 rings (SSSR count). The van der Waals surface area contributed by atoms with Crippen molar-refractivity contribution in [2.45, 2.75) is 77.5 Å². The molecule has 0 fully saturated rings. The summed E-state index contributed by atoms with van der Waals surface area (Å²) >= 11 is 17.6. The average Bonchev–Trinajstić information content (AvgIpc) is 3.34. The second-order valence-corrected chi connectivity index (χ2v) is 29.5. The van der Waals surface area contributed by atoms with E-state index in [9.17, 15) is 0 Å². The van der Waals surface area contributed by atoms with Gasteiger partial charge in [0, 0.05) is 0 Å². The van der Waals surface area contributed by atoms with Crippen LogP contribution in [0, 0.1) is 0 Å². The van der Waals surface area contributed by atoms with E-state index in [-0.39, 0.29) is 0 Å². The van der Waals surface area contributed by atoms with Crippen LogP contribution in [0.1, 0.15) is 76.3 Å². The Balaban J connectivity index is 1.51. The molecule has 0 atom stereocenters. The van der Waals surface area contributed by atoms with Gasteiger partial charge < -0.3 is 0 Å². The Morgan fingerprint density at radius 3 is 0.806 bits per heavy atom. The van der Waals surface area contributed by atoms with Crippen LogP contribution in [0.5, 0.6) is 11.5 Å². The van der Waals surface area contributed by atoms with Crippen molar-refractivity contribution in [1.82, 2.24) is 0 Å². The molecule has 2 nitrogen and oxygen atoms in total. The van der Waals surface area contributed by atoms with Crippen LogP contribution in [0.15, 0.2) is 194 Å². The molecule has 0 aliphatic heterocycles. The van der Waals surface area contributed by atoms with E-state index in [4.69, 9.17) is 32.0 Å². The molecule has 7 aromatic rings. The van der Waals surface area contributed by atoms with Gasteiger partial charge in [0.05, 0.1) is 0 Å². The van der Waals surface area contributed by atoms with E-state index in [1.165, 1.54) is 12.8 Å².